The van der Waals surface area contributed by atoms with Crippen LogP contribution in [-0.4, -0.2) is 65.1 Å². The molecule has 0 bridgehead atoms. The molecule has 9 nitrogen and oxygen atoms in total. The molecule has 2 aliphatic rings. The van der Waals surface area contributed by atoms with Crippen molar-refractivity contribution in [1.29, 1.82) is 0 Å². The number of pyridine rings is 2. The van der Waals surface area contributed by atoms with E-state index < -0.39 is 47.2 Å². The van der Waals surface area contributed by atoms with Crippen LogP contribution in [0.5, 0.6) is 5.88 Å². The van der Waals surface area contributed by atoms with Crippen molar-refractivity contribution in [2.24, 2.45) is 17.3 Å². The van der Waals surface area contributed by atoms with Crippen LogP contribution >= 0.6 is 0 Å². The maximum atomic E-state index is 14.4. The zero-order valence-corrected chi connectivity index (χ0v) is 24.9. The van der Waals surface area contributed by atoms with Crippen LogP contribution < -0.4 is 15.0 Å². The van der Waals surface area contributed by atoms with Crippen LogP contribution in [0, 0.1) is 17.3 Å². The SMILES string of the molecule is COc1ncc(C(F)(F)F)cc1N[C@H]1[C@H](C(C)(C)C)[C@@H](C(=O)O)N(C(=O)C2CCCCC2)[C@H]1c1cccnc1N(C)C. The maximum Gasteiger partial charge on any atom is 0.417 e. The first-order valence-electron chi connectivity index (χ1n) is 14.2. The molecule has 4 atom stereocenters. The summed E-state index contributed by atoms with van der Waals surface area (Å²) in [4.78, 5) is 39.2. The van der Waals surface area contributed by atoms with Gasteiger partial charge in [0.1, 0.15) is 11.9 Å². The van der Waals surface area contributed by atoms with Gasteiger partial charge in [0.15, 0.2) is 0 Å². The molecular weight excluding hydrogens is 551 g/mol. The Labute approximate surface area is 244 Å². The molecule has 230 valence electrons. The molecule has 1 amide bonds. The Morgan fingerprint density at radius 1 is 1.12 bits per heavy atom. The standard InChI is InChI=1S/C30H40F3N5O4/c1-29(2,3)21-22(36-20-15-18(30(31,32)33)16-35-26(20)42-6)23(19-13-10-14-34-25(19)37(4)5)38(24(21)28(40)41)27(39)17-11-8-7-9-12-17/h10,13-17,21-24,36H,7-9,11-12H2,1-6H3,(H,40,41)/t21-,22-,23-,24-/m0/s1. The number of aliphatic carboxylic acids is 1. The molecule has 0 spiro atoms. The van der Waals surface area contributed by atoms with Crippen molar-refractivity contribution in [3.63, 3.8) is 0 Å². The quantitative estimate of drug-likeness (QED) is 0.427. The maximum absolute atomic E-state index is 14.4. The molecule has 42 heavy (non-hydrogen) atoms. The number of ether oxygens (including phenoxy) is 1. The van der Waals surface area contributed by atoms with Crippen molar-refractivity contribution in [2.75, 3.05) is 31.4 Å². The minimum atomic E-state index is -4.66. The molecule has 0 aromatic carbocycles. The summed E-state index contributed by atoms with van der Waals surface area (Å²) in [7, 11) is 4.90. The minimum Gasteiger partial charge on any atom is -0.480 e. The zero-order chi connectivity index (χ0) is 31.0. The van der Waals surface area contributed by atoms with Gasteiger partial charge in [0.05, 0.1) is 30.4 Å². The highest BCUT2D eigenvalue weighted by atomic mass is 19.4. The zero-order valence-electron chi connectivity index (χ0n) is 24.9. The fourth-order valence-electron chi connectivity index (χ4n) is 6.61. The lowest BCUT2D eigenvalue weighted by molar-refractivity contribution is -0.154. The number of hydrogen-bond donors (Lipinski definition) is 2. The highest BCUT2D eigenvalue weighted by Gasteiger charge is 2.59. The molecule has 1 saturated carbocycles. The number of alkyl halides is 3. The van der Waals surface area contributed by atoms with E-state index in [1.54, 1.807) is 37.3 Å². The van der Waals surface area contributed by atoms with Crippen molar-refractivity contribution >= 4 is 23.4 Å². The molecule has 2 aromatic rings. The molecule has 12 heteroatoms. The number of rotatable bonds is 7. The number of anilines is 2. The Kier molecular flexibility index (Phi) is 8.94. The smallest absolute Gasteiger partial charge is 0.417 e. The second-order valence-electron chi connectivity index (χ2n) is 12.5. The Morgan fingerprint density at radius 3 is 2.33 bits per heavy atom. The third-order valence-electron chi connectivity index (χ3n) is 8.38. The van der Waals surface area contributed by atoms with Crippen molar-refractivity contribution in [3.05, 3.63) is 41.7 Å². The molecular formula is C30H40F3N5O4. The van der Waals surface area contributed by atoms with Gasteiger partial charge in [-0.05, 0) is 30.4 Å². The number of carboxylic acids is 1. The number of carbonyl (C=O) groups excluding carboxylic acids is 1. The van der Waals surface area contributed by atoms with Gasteiger partial charge in [-0.15, -0.1) is 0 Å². The summed E-state index contributed by atoms with van der Waals surface area (Å²) in [5.41, 5.74) is -1.11. The summed E-state index contributed by atoms with van der Waals surface area (Å²) in [6.45, 7) is 5.64. The van der Waals surface area contributed by atoms with Crippen molar-refractivity contribution in [2.45, 2.75) is 77.2 Å². The highest BCUT2D eigenvalue weighted by Crippen LogP contribution is 2.52. The van der Waals surface area contributed by atoms with E-state index in [2.05, 4.69) is 15.3 Å². The lowest BCUT2D eigenvalue weighted by Crippen LogP contribution is -2.49. The Balaban J connectivity index is 1.98. The largest absolute Gasteiger partial charge is 0.480 e. The predicted molar refractivity (Wildman–Crippen MR) is 152 cm³/mol. The number of aromatic nitrogens is 2. The number of hydrogen-bond acceptors (Lipinski definition) is 7. The van der Waals surface area contributed by atoms with Crippen LogP contribution in [0.2, 0.25) is 0 Å². The first-order chi connectivity index (χ1) is 19.7. The first-order valence-corrected chi connectivity index (χ1v) is 14.2. The minimum absolute atomic E-state index is 0.0389. The fraction of sp³-hybridized carbons (Fsp3) is 0.600. The number of amides is 1. The number of carboxylic acid groups (broad SMARTS) is 1. The van der Waals surface area contributed by atoms with E-state index in [1.165, 1.54) is 12.0 Å². The number of nitrogens with one attached hydrogen (secondary N) is 1. The average Bonchev–Trinajstić information content (AvgIpc) is 3.28. The van der Waals surface area contributed by atoms with Gasteiger partial charge in [-0.2, -0.15) is 13.2 Å². The van der Waals surface area contributed by atoms with Crippen LogP contribution in [0.3, 0.4) is 0 Å². The molecule has 4 rings (SSSR count). The fourth-order valence-corrected chi connectivity index (χ4v) is 6.61. The third-order valence-corrected chi connectivity index (χ3v) is 8.38. The second kappa shape index (κ2) is 12.0. The molecule has 1 aliphatic carbocycles. The molecule has 2 aromatic heterocycles. The van der Waals surface area contributed by atoms with E-state index >= 15 is 0 Å². The van der Waals surface area contributed by atoms with Crippen molar-refractivity contribution in [1.82, 2.24) is 14.9 Å². The van der Waals surface area contributed by atoms with Crippen LogP contribution in [0.4, 0.5) is 24.7 Å². The summed E-state index contributed by atoms with van der Waals surface area (Å²) in [6, 6.07) is 1.49. The van der Waals surface area contributed by atoms with Crippen LogP contribution in [0.15, 0.2) is 30.6 Å². The topological polar surface area (TPSA) is 108 Å². The molecule has 3 heterocycles. The first kappa shape index (κ1) is 31.4. The van der Waals surface area contributed by atoms with E-state index in [1.807, 2.05) is 20.8 Å². The van der Waals surface area contributed by atoms with Gasteiger partial charge >= 0.3 is 12.1 Å². The number of likely N-dealkylation sites (tertiary alicyclic amines) is 1. The molecule has 2 fully saturated rings. The Morgan fingerprint density at radius 2 is 1.79 bits per heavy atom. The van der Waals surface area contributed by atoms with E-state index in [0.29, 0.717) is 30.4 Å². The lowest BCUT2D eigenvalue weighted by Gasteiger charge is -2.36. The number of halogens is 3. The number of nitrogens with zero attached hydrogens (tertiary/aromatic N) is 4. The summed E-state index contributed by atoms with van der Waals surface area (Å²) in [6.07, 6.45) is 1.72. The van der Waals surface area contributed by atoms with Gasteiger partial charge in [0.25, 0.3) is 0 Å². The third kappa shape index (κ3) is 6.12. The second-order valence-corrected chi connectivity index (χ2v) is 12.5. The Bertz CT molecular complexity index is 1290. The van der Waals surface area contributed by atoms with Gasteiger partial charge in [0.2, 0.25) is 11.8 Å². The van der Waals surface area contributed by atoms with Gasteiger partial charge in [0, 0.05) is 43.9 Å². The number of carbonyl (C=O) groups is 2. The van der Waals surface area contributed by atoms with E-state index in [-0.39, 0.29) is 23.4 Å². The van der Waals surface area contributed by atoms with Crippen LogP contribution in [0.25, 0.3) is 0 Å². The molecule has 1 saturated heterocycles. The monoisotopic (exact) mass is 591 g/mol. The summed E-state index contributed by atoms with van der Waals surface area (Å²) in [5.74, 6) is -2.03. The lowest BCUT2D eigenvalue weighted by atomic mass is 9.72. The molecule has 2 N–H and O–H groups in total. The van der Waals surface area contributed by atoms with Crippen LogP contribution in [0.1, 0.15) is 70.0 Å². The molecule has 0 radical (unpaired) electrons. The van der Waals surface area contributed by atoms with Crippen molar-refractivity contribution < 1.29 is 32.6 Å². The van der Waals surface area contributed by atoms with Gasteiger partial charge < -0.3 is 25.0 Å². The Hall–Kier alpha value is -3.57. The molecule has 0 unspecified atom stereocenters. The van der Waals surface area contributed by atoms with Crippen molar-refractivity contribution in [3.8, 4) is 5.88 Å². The summed E-state index contributed by atoms with van der Waals surface area (Å²) >= 11 is 0. The summed E-state index contributed by atoms with van der Waals surface area (Å²) < 4.78 is 46.6. The van der Waals surface area contributed by atoms with Crippen LogP contribution in [-0.2, 0) is 15.8 Å². The van der Waals surface area contributed by atoms with Gasteiger partial charge in [-0.3, -0.25) is 4.79 Å². The normalized spacial score (nSPS) is 23.5. The predicted octanol–water partition coefficient (Wildman–Crippen LogP) is 5.63. The van der Waals surface area contributed by atoms with Gasteiger partial charge in [-0.25, -0.2) is 14.8 Å². The summed E-state index contributed by atoms with van der Waals surface area (Å²) in [5, 5.41) is 13.9. The van der Waals surface area contributed by atoms with E-state index in [4.69, 9.17) is 4.74 Å². The van der Waals surface area contributed by atoms with E-state index in [9.17, 15) is 27.9 Å². The number of methoxy groups -OCH3 is 1. The highest BCUT2D eigenvalue weighted by molar-refractivity contribution is 5.87. The average molecular weight is 592 g/mol. The van der Waals surface area contributed by atoms with Gasteiger partial charge in [-0.1, -0.05) is 46.1 Å². The molecule has 1 aliphatic heterocycles. The van der Waals surface area contributed by atoms with E-state index in [0.717, 1.165) is 25.3 Å².